The average Bonchev–Trinajstić information content (AvgIpc) is 2.34. The molecule has 0 bridgehead atoms. The molecule has 0 radical (unpaired) electrons. The van der Waals surface area contributed by atoms with Gasteiger partial charge in [0, 0.05) is 12.5 Å². The third-order valence-corrected chi connectivity index (χ3v) is 2.91. The molecule has 18 heavy (non-hydrogen) atoms. The fourth-order valence-electron chi connectivity index (χ4n) is 1.88. The molecule has 0 saturated carbocycles. The summed E-state index contributed by atoms with van der Waals surface area (Å²) in [5, 5.41) is 0. The van der Waals surface area contributed by atoms with Crippen LogP contribution < -0.4 is 27.3 Å². The van der Waals surface area contributed by atoms with E-state index in [1.807, 2.05) is 23.0 Å². The van der Waals surface area contributed by atoms with Gasteiger partial charge in [-0.2, -0.15) is 0 Å². The molecular formula is C14H23BrN2O. The van der Waals surface area contributed by atoms with Crippen LogP contribution in [0.25, 0.3) is 0 Å². The molecule has 0 saturated heterocycles. The number of amides is 1. The highest BCUT2D eigenvalue weighted by Crippen LogP contribution is 2.04. The van der Waals surface area contributed by atoms with Crippen molar-refractivity contribution in [1.82, 2.24) is 0 Å². The Kier molecular flexibility index (Phi) is 9.56. The zero-order valence-corrected chi connectivity index (χ0v) is 12.7. The summed E-state index contributed by atoms with van der Waals surface area (Å²) < 4.78 is 2.04. The van der Waals surface area contributed by atoms with Crippen LogP contribution in [0.1, 0.15) is 55.8 Å². The number of primary amides is 1. The summed E-state index contributed by atoms with van der Waals surface area (Å²) in [6.07, 6.45) is 11.5. The number of nitrogens with two attached hydrogens (primary N) is 1. The number of aromatic nitrogens is 1. The lowest BCUT2D eigenvalue weighted by molar-refractivity contribution is -0.697. The van der Waals surface area contributed by atoms with Crippen LogP contribution in [0.2, 0.25) is 0 Å². The lowest BCUT2D eigenvalue weighted by atomic mass is 10.1. The molecule has 3 nitrogen and oxygen atoms in total. The second-order valence-corrected chi connectivity index (χ2v) is 4.46. The van der Waals surface area contributed by atoms with Crippen molar-refractivity contribution in [3.63, 3.8) is 0 Å². The van der Waals surface area contributed by atoms with Gasteiger partial charge in [0.1, 0.15) is 12.1 Å². The third kappa shape index (κ3) is 6.74. The number of carbonyl (C=O) groups is 1. The lowest BCUT2D eigenvalue weighted by Gasteiger charge is -1.99. The van der Waals surface area contributed by atoms with Gasteiger partial charge >= 0.3 is 0 Å². The monoisotopic (exact) mass is 314 g/mol. The first-order chi connectivity index (χ1) is 8.24. The Balaban J connectivity index is 0.00000289. The number of aryl methyl sites for hydroxylation is 1. The number of hydrogen-bond donors (Lipinski definition) is 1. The first-order valence-electron chi connectivity index (χ1n) is 6.53. The van der Waals surface area contributed by atoms with Gasteiger partial charge in [-0.25, -0.2) is 4.57 Å². The van der Waals surface area contributed by atoms with Crippen molar-refractivity contribution in [3.05, 3.63) is 30.1 Å². The molecule has 0 aliphatic carbocycles. The Labute approximate surface area is 120 Å². The molecule has 1 amide bonds. The highest BCUT2D eigenvalue weighted by Gasteiger charge is 2.06. The summed E-state index contributed by atoms with van der Waals surface area (Å²) in [5.74, 6) is -0.359. The van der Waals surface area contributed by atoms with Crippen molar-refractivity contribution in [3.8, 4) is 0 Å². The minimum Gasteiger partial charge on any atom is -1.00 e. The van der Waals surface area contributed by atoms with Crippen LogP contribution in [0.3, 0.4) is 0 Å². The SMILES string of the molecule is CCCCCCCC[n+]1cccc(C(N)=O)c1.[Br-]. The summed E-state index contributed by atoms with van der Waals surface area (Å²) in [4.78, 5) is 11.0. The van der Waals surface area contributed by atoms with Gasteiger partial charge in [0.05, 0.1) is 0 Å². The summed E-state index contributed by atoms with van der Waals surface area (Å²) in [7, 11) is 0. The minimum absolute atomic E-state index is 0. The normalized spacial score (nSPS) is 9.83. The molecular weight excluding hydrogens is 292 g/mol. The maximum Gasteiger partial charge on any atom is 0.254 e. The van der Waals surface area contributed by atoms with Crippen molar-refractivity contribution in [2.75, 3.05) is 0 Å². The fourth-order valence-corrected chi connectivity index (χ4v) is 1.88. The summed E-state index contributed by atoms with van der Waals surface area (Å²) >= 11 is 0. The second-order valence-electron chi connectivity index (χ2n) is 4.46. The van der Waals surface area contributed by atoms with E-state index < -0.39 is 0 Å². The van der Waals surface area contributed by atoms with E-state index in [9.17, 15) is 4.79 Å². The van der Waals surface area contributed by atoms with Crippen molar-refractivity contribution in [2.45, 2.75) is 52.0 Å². The molecule has 0 spiro atoms. The standard InChI is InChI=1S/C14H22N2O.BrH/c1-2-3-4-5-6-7-10-16-11-8-9-13(12-16)14(15)17;/h8-9,11-12H,2-7,10H2,1H3,(H-,15,17);1H. The van der Waals surface area contributed by atoms with Gasteiger partial charge in [-0.05, 0) is 12.5 Å². The maximum atomic E-state index is 11.0. The molecule has 0 unspecified atom stereocenters. The molecule has 1 rings (SSSR count). The Morgan fingerprint density at radius 1 is 1.22 bits per heavy atom. The number of halogens is 1. The number of rotatable bonds is 8. The molecule has 0 aromatic carbocycles. The topological polar surface area (TPSA) is 47.0 Å². The smallest absolute Gasteiger partial charge is 0.254 e. The molecule has 102 valence electrons. The van der Waals surface area contributed by atoms with E-state index in [2.05, 4.69) is 6.92 Å². The van der Waals surface area contributed by atoms with Crippen molar-refractivity contribution in [2.24, 2.45) is 5.73 Å². The second kappa shape index (κ2) is 10.1. The van der Waals surface area contributed by atoms with Crippen LogP contribution in [0.15, 0.2) is 24.5 Å². The van der Waals surface area contributed by atoms with Crippen LogP contribution in [0.5, 0.6) is 0 Å². The lowest BCUT2D eigenvalue weighted by Crippen LogP contribution is -3.00. The van der Waals surface area contributed by atoms with E-state index in [0.717, 1.165) is 13.0 Å². The van der Waals surface area contributed by atoms with E-state index in [1.54, 1.807) is 6.07 Å². The van der Waals surface area contributed by atoms with E-state index in [0.29, 0.717) is 5.56 Å². The molecule has 1 heterocycles. The van der Waals surface area contributed by atoms with Crippen LogP contribution >= 0.6 is 0 Å². The molecule has 0 fully saturated rings. The van der Waals surface area contributed by atoms with E-state index in [1.165, 1.54) is 32.1 Å². The number of pyridine rings is 1. The van der Waals surface area contributed by atoms with Crippen LogP contribution in [0, 0.1) is 0 Å². The van der Waals surface area contributed by atoms with Crippen LogP contribution in [-0.4, -0.2) is 5.91 Å². The number of nitrogens with zero attached hydrogens (tertiary/aromatic N) is 1. The van der Waals surface area contributed by atoms with Crippen molar-refractivity contribution < 1.29 is 26.3 Å². The van der Waals surface area contributed by atoms with Gasteiger partial charge in [-0.1, -0.05) is 32.6 Å². The highest BCUT2D eigenvalue weighted by atomic mass is 79.9. The molecule has 2 N–H and O–H groups in total. The zero-order chi connectivity index (χ0) is 12.5. The van der Waals surface area contributed by atoms with Gasteiger partial charge in [-0.3, -0.25) is 4.79 Å². The summed E-state index contributed by atoms with van der Waals surface area (Å²) in [6, 6.07) is 3.62. The molecule has 1 aromatic rings. The first-order valence-corrected chi connectivity index (χ1v) is 6.53. The quantitative estimate of drug-likeness (QED) is 0.507. The Morgan fingerprint density at radius 2 is 1.89 bits per heavy atom. The Morgan fingerprint density at radius 3 is 2.56 bits per heavy atom. The summed E-state index contributed by atoms with van der Waals surface area (Å²) in [6.45, 7) is 3.19. The maximum absolute atomic E-state index is 11.0. The average molecular weight is 315 g/mol. The molecule has 0 atom stereocenters. The third-order valence-electron chi connectivity index (χ3n) is 2.91. The number of hydrogen-bond acceptors (Lipinski definition) is 1. The van der Waals surface area contributed by atoms with Gasteiger partial charge in [0.2, 0.25) is 0 Å². The van der Waals surface area contributed by atoms with Gasteiger partial charge in [-0.15, -0.1) is 0 Å². The molecule has 4 heteroatoms. The fraction of sp³-hybridized carbons (Fsp3) is 0.571. The predicted octanol–water partition coefficient (Wildman–Crippen LogP) is -0.562. The Bertz CT molecular complexity index is 355. The molecule has 0 aliphatic heterocycles. The highest BCUT2D eigenvalue weighted by molar-refractivity contribution is 5.92. The Hall–Kier alpha value is -0.900. The van der Waals surface area contributed by atoms with E-state index in [-0.39, 0.29) is 22.9 Å². The number of unbranched alkanes of at least 4 members (excludes halogenated alkanes) is 5. The number of carbonyl (C=O) groups excluding carboxylic acids is 1. The first kappa shape index (κ1) is 17.1. The molecule has 0 aliphatic rings. The van der Waals surface area contributed by atoms with Crippen LogP contribution in [-0.2, 0) is 6.54 Å². The largest absolute Gasteiger partial charge is 1.00 e. The molecule has 1 aromatic heterocycles. The minimum atomic E-state index is -0.359. The van der Waals surface area contributed by atoms with Crippen molar-refractivity contribution in [1.29, 1.82) is 0 Å². The van der Waals surface area contributed by atoms with Gasteiger partial charge in [0.25, 0.3) is 5.91 Å². The summed E-state index contributed by atoms with van der Waals surface area (Å²) in [5.41, 5.74) is 5.82. The predicted molar refractivity (Wildman–Crippen MR) is 68.5 cm³/mol. The van der Waals surface area contributed by atoms with Gasteiger partial charge in [0.15, 0.2) is 12.4 Å². The van der Waals surface area contributed by atoms with E-state index >= 15 is 0 Å². The van der Waals surface area contributed by atoms with E-state index in [4.69, 9.17) is 5.73 Å². The van der Waals surface area contributed by atoms with Crippen molar-refractivity contribution >= 4 is 5.91 Å². The van der Waals surface area contributed by atoms with Gasteiger partial charge < -0.3 is 22.7 Å². The zero-order valence-electron chi connectivity index (χ0n) is 11.1. The van der Waals surface area contributed by atoms with Crippen LogP contribution in [0.4, 0.5) is 0 Å².